The van der Waals surface area contributed by atoms with Gasteiger partial charge in [-0.25, -0.2) is 9.97 Å². The summed E-state index contributed by atoms with van der Waals surface area (Å²) in [6.07, 6.45) is 4.30. The van der Waals surface area contributed by atoms with Crippen LogP contribution < -0.4 is 4.90 Å². The van der Waals surface area contributed by atoms with Crippen molar-refractivity contribution in [3.05, 3.63) is 18.1 Å². The van der Waals surface area contributed by atoms with E-state index in [2.05, 4.69) is 16.9 Å². The Morgan fingerprint density at radius 1 is 1.35 bits per heavy atom. The topological polar surface area (TPSA) is 66.3 Å². The van der Waals surface area contributed by atoms with E-state index in [-0.39, 0.29) is 6.54 Å². The molecule has 5 nitrogen and oxygen atoms in total. The standard InChI is InChI=1S/C12H19N3O2/c1-3-5-10-7-11(14-9-13-10)15(6-4-2)8-12(16)17/h7,9H,3-6,8H2,1-2H3,(H,16,17). The first-order valence-electron chi connectivity index (χ1n) is 5.95. The van der Waals surface area contributed by atoms with Crippen molar-refractivity contribution in [1.82, 2.24) is 9.97 Å². The first-order valence-corrected chi connectivity index (χ1v) is 5.95. The van der Waals surface area contributed by atoms with Crippen molar-refractivity contribution in [2.45, 2.75) is 33.1 Å². The second-order valence-electron chi connectivity index (χ2n) is 3.93. The molecule has 1 aromatic rings. The second-order valence-corrected chi connectivity index (χ2v) is 3.93. The number of hydrogen-bond donors (Lipinski definition) is 1. The molecule has 0 aliphatic rings. The quantitative estimate of drug-likeness (QED) is 0.782. The van der Waals surface area contributed by atoms with Crippen LogP contribution in [0.3, 0.4) is 0 Å². The number of aliphatic carboxylic acids is 1. The summed E-state index contributed by atoms with van der Waals surface area (Å²) in [5, 5.41) is 8.86. The van der Waals surface area contributed by atoms with Crippen LogP contribution in [0.1, 0.15) is 32.4 Å². The summed E-state index contributed by atoms with van der Waals surface area (Å²) in [7, 11) is 0. The van der Waals surface area contributed by atoms with Gasteiger partial charge in [0.05, 0.1) is 0 Å². The number of anilines is 1. The predicted octanol–water partition coefficient (Wildman–Crippen LogP) is 1.73. The van der Waals surface area contributed by atoms with Crippen LogP contribution in [-0.2, 0) is 11.2 Å². The molecule has 94 valence electrons. The highest BCUT2D eigenvalue weighted by Gasteiger charge is 2.11. The lowest BCUT2D eigenvalue weighted by molar-refractivity contribution is -0.135. The largest absolute Gasteiger partial charge is 0.480 e. The molecule has 0 saturated heterocycles. The van der Waals surface area contributed by atoms with Gasteiger partial charge < -0.3 is 10.0 Å². The van der Waals surface area contributed by atoms with Crippen LogP contribution in [0.5, 0.6) is 0 Å². The van der Waals surface area contributed by atoms with Gasteiger partial charge >= 0.3 is 5.97 Å². The minimum absolute atomic E-state index is 0.0174. The van der Waals surface area contributed by atoms with Gasteiger partial charge in [0.25, 0.3) is 0 Å². The van der Waals surface area contributed by atoms with E-state index < -0.39 is 5.97 Å². The fraction of sp³-hybridized carbons (Fsp3) is 0.583. The number of carboxylic acids is 1. The molecule has 0 atom stereocenters. The SMILES string of the molecule is CCCc1cc(N(CCC)CC(=O)O)ncn1. The van der Waals surface area contributed by atoms with Gasteiger partial charge in [-0.15, -0.1) is 0 Å². The molecule has 0 aliphatic carbocycles. The van der Waals surface area contributed by atoms with Crippen LogP contribution in [0.4, 0.5) is 5.82 Å². The summed E-state index contributed by atoms with van der Waals surface area (Å²) in [5.41, 5.74) is 0.962. The molecule has 1 rings (SSSR count). The van der Waals surface area contributed by atoms with Crippen LogP contribution >= 0.6 is 0 Å². The number of carboxylic acid groups (broad SMARTS) is 1. The summed E-state index contributed by atoms with van der Waals surface area (Å²) >= 11 is 0. The van der Waals surface area contributed by atoms with Crippen molar-refractivity contribution < 1.29 is 9.90 Å². The Kier molecular flexibility index (Phi) is 5.39. The summed E-state index contributed by atoms with van der Waals surface area (Å²) in [6, 6.07) is 1.88. The monoisotopic (exact) mass is 237 g/mol. The van der Waals surface area contributed by atoms with Crippen LogP contribution in [0.15, 0.2) is 12.4 Å². The second kappa shape index (κ2) is 6.83. The number of aromatic nitrogens is 2. The molecule has 17 heavy (non-hydrogen) atoms. The minimum atomic E-state index is -0.839. The maximum Gasteiger partial charge on any atom is 0.323 e. The van der Waals surface area contributed by atoms with Gasteiger partial charge in [-0.1, -0.05) is 20.3 Å². The zero-order valence-electron chi connectivity index (χ0n) is 10.4. The Balaban J connectivity index is 2.84. The van der Waals surface area contributed by atoms with E-state index in [4.69, 9.17) is 5.11 Å². The Hall–Kier alpha value is -1.65. The van der Waals surface area contributed by atoms with Crippen LogP contribution in [0, 0.1) is 0 Å². The lowest BCUT2D eigenvalue weighted by Crippen LogP contribution is -2.31. The molecule has 0 aliphatic heterocycles. The molecule has 0 unspecified atom stereocenters. The molecule has 0 saturated carbocycles. The molecule has 1 N–H and O–H groups in total. The van der Waals surface area contributed by atoms with E-state index >= 15 is 0 Å². The average Bonchev–Trinajstić information content (AvgIpc) is 2.29. The van der Waals surface area contributed by atoms with Gasteiger partial charge in [0, 0.05) is 18.3 Å². The number of hydrogen-bond acceptors (Lipinski definition) is 4. The predicted molar refractivity (Wildman–Crippen MR) is 66.2 cm³/mol. The number of aryl methyl sites for hydroxylation is 1. The molecular weight excluding hydrogens is 218 g/mol. The smallest absolute Gasteiger partial charge is 0.323 e. The third-order valence-electron chi connectivity index (χ3n) is 2.36. The molecule has 0 aromatic carbocycles. The van der Waals surface area contributed by atoms with Crippen molar-refractivity contribution >= 4 is 11.8 Å². The van der Waals surface area contributed by atoms with E-state index in [0.717, 1.165) is 25.0 Å². The normalized spacial score (nSPS) is 10.2. The Morgan fingerprint density at radius 2 is 2.12 bits per heavy atom. The van der Waals surface area contributed by atoms with Crippen molar-refractivity contribution in [2.24, 2.45) is 0 Å². The van der Waals surface area contributed by atoms with Crippen molar-refractivity contribution in [3.8, 4) is 0 Å². The molecule has 0 bridgehead atoms. The molecule has 1 heterocycles. The fourth-order valence-corrected chi connectivity index (χ4v) is 1.66. The molecule has 0 fully saturated rings. The summed E-state index contributed by atoms with van der Waals surface area (Å²) in [4.78, 5) is 20.9. The van der Waals surface area contributed by atoms with Gasteiger partial charge in [0.1, 0.15) is 18.7 Å². The van der Waals surface area contributed by atoms with E-state index in [1.165, 1.54) is 6.33 Å². The lowest BCUT2D eigenvalue weighted by Gasteiger charge is -2.21. The summed E-state index contributed by atoms with van der Waals surface area (Å²) in [6.45, 7) is 4.77. The fourth-order valence-electron chi connectivity index (χ4n) is 1.66. The summed E-state index contributed by atoms with van der Waals surface area (Å²) < 4.78 is 0. The molecular formula is C12H19N3O2. The number of nitrogens with zero attached hydrogens (tertiary/aromatic N) is 3. The zero-order chi connectivity index (χ0) is 12.7. The maximum atomic E-state index is 10.8. The molecule has 0 spiro atoms. The molecule has 1 aromatic heterocycles. The van der Waals surface area contributed by atoms with E-state index in [1.807, 2.05) is 13.0 Å². The van der Waals surface area contributed by atoms with E-state index in [1.54, 1.807) is 4.90 Å². The molecule has 0 amide bonds. The van der Waals surface area contributed by atoms with Gasteiger partial charge in [-0.05, 0) is 12.8 Å². The highest BCUT2D eigenvalue weighted by atomic mass is 16.4. The van der Waals surface area contributed by atoms with Gasteiger partial charge in [0.15, 0.2) is 0 Å². The zero-order valence-corrected chi connectivity index (χ0v) is 10.4. The first-order chi connectivity index (χ1) is 8.17. The Labute approximate surface area is 102 Å². The number of carbonyl (C=O) groups is 1. The van der Waals surface area contributed by atoms with Crippen LogP contribution in [-0.4, -0.2) is 34.1 Å². The third-order valence-corrected chi connectivity index (χ3v) is 2.36. The highest BCUT2D eigenvalue weighted by Crippen LogP contribution is 2.12. The maximum absolute atomic E-state index is 10.8. The summed E-state index contributed by atoms with van der Waals surface area (Å²) in [5.74, 6) is -0.137. The van der Waals surface area contributed by atoms with Gasteiger partial charge in [-0.2, -0.15) is 0 Å². The van der Waals surface area contributed by atoms with Crippen molar-refractivity contribution in [2.75, 3.05) is 18.0 Å². The molecule has 5 heteroatoms. The first kappa shape index (κ1) is 13.4. The lowest BCUT2D eigenvalue weighted by atomic mass is 10.2. The van der Waals surface area contributed by atoms with Crippen molar-refractivity contribution in [3.63, 3.8) is 0 Å². The third kappa shape index (κ3) is 4.38. The van der Waals surface area contributed by atoms with Crippen molar-refractivity contribution in [1.29, 1.82) is 0 Å². The molecule has 0 radical (unpaired) electrons. The van der Waals surface area contributed by atoms with Gasteiger partial charge in [0.2, 0.25) is 0 Å². The average molecular weight is 237 g/mol. The Morgan fingerprint density at radius 3 is 2.71 bits per heavy atom. The van der Waals surface area contributed by atoms with Crippen LogP contribution in [0.2, 0.25) is 0 Å². The van der Waals surface area contributed by atoms with E-state index in [9.17, 15) is 4.79 Å². The minimum Gasteiger partial charge on any atom is -0.480 e. The highest BCUT2D eigenvalue weighted by molar-refractivity contribution is 5.73. The van der Waals surface area contributed by atoms with Crippen LogP contribution in [0.25, 0.3) is 0 Å². The van der Waals surface area contributed by atoms with E-state index in [0.29, 0.717) is 12.4 Å². The van der Waals surface area contributed by atoms with Gasteiger partial charge in [-0.3, -0.25) is 4.79 Å². The number of rotatable bonds is 7. The Bertz CT molecular complexity index is 369.